The topological polar surface area (TPSA) is 105 Å². The summed E-state index contributed by atoms with van der Waals surface area (Å²) in [5, 5.41) is 13.9. The van der Waals surface area contributed by atoms with Crippen LogP contribution in [0.2, 0.25) is 0 Å². The molecule has 3 atom stereocenters. The van der Waals surface area contributed by atoms with Crippen LogP contribution >= 0.6 is 7.82 Å². The second kappa shape index (κ2) is 55.0. The smallest absolute Gasteiger partial charge is 0.387 e. The summed E-state index contributed by atoms with van der Waals surface area (Å²) < 4.78 is 23.7. The monoisotopic (exact) mass is 1040 g/mol. The SMILES string of the molecule is CCCCCCCCCCCCCCCC/C=C/C(O)C(COP(=O)(O)OCC[N+](C)(C)C)NC(=O)CCCCCCCCCCCCCCCCCCCCCCCCCCCCCCCCCCCC. The normalized spacial score (nSPS) is 13.8. The number of hydrogen-bond acceptors (Lipinski definition) is 5. The van der Waals surface area contributed by atoms with Gasteiger partial charge < -0.3 is 19.8 Å². The number of unbranched alkanes of at least 4 members (excludes halogenated alkanes) is 47. The number of nitrogens with zero attached hydrogens (tertiary/aromatic N) is 1. The molecular formula is C63H128N2O6P+. The van der Waals surface area contributed by atoms with Gasteiger partial charge in [-0.1, -0.05) is 321 Å². The predicted molar refractivity (Wildman–Crippen MR) is 314 cm³/mol. The van der Waals surface area contributed by atoms with Gasteiger partial charge in [0, 0.05) is 6.42 Å². The summed E-state index contributed by atoms with van der Waals surface area (Å²) >= 11 is 0. The Bertz CT molecular complexity index is 1180. The van der Waals surface area contributed by atoms with E-state index in [0.29, 0.717) is 17.4 Å². The number of phosphoric acid groups is 1. The molecule has 0 aliphatic heterocycles. The van der Waals surface area contributed by atoms with E-state index in [1.165, 1.54) is 283 Å². The number of carbonyl (C=O) groups is 1. The number of phosphoric ester groups is 1. The number of rotatable bonds is 60. The fourth-order valence-electron chi connectivity index (χ4n) is 9.99. The van der Waals surface area contributed by atoms with Crippen molar-refractivity contribution < 1.29 is 32.9 Å². The number of allylic oxidation sites excluding steroid dienone is 1. The van der Waals surface area contributed by atoms with Gasteiger partial charge >= 0.3 is 7.82 Å². The molecule has 8 nitrogen and oxygen atoms in total. The zero-order valence-corrected chi connectivity index (χ0v) is 50.1. The summed E-state index contributed by atoms with van der Waals surface area (Å²) in [6.07, 6.45) is 69.2. The van der Waals surface area contributed by atoms with E-state index in [1.807, 2.05) is 27.2 Å². The molecule has 0 heterocycles. The highest BCUT2D eigenvalue weighted by Crippen LogP contribution is 2.43. The lowest BCUT2D eigenvalue weighted by atomic mass is 10.0. The van der Waals surface area contributed by atoms with Gasteiger partial charge in [-0.3, -0.25) is 13.8 Å². The number of hydrogen-bond donors (Lipinski definition) is 3. The largest absolute Gasteiger partial charge is 0.472 e. The first-order valence-corrected chi connectivity index (χ1v) is 33.6. The van der Waals surface area contributed by atoms with Gasteiger partial charge in [0.2, 0.25) is 5.91 Å². The Morgan fingerprint density at radius 2 is 0.736 bits per heavy atom. The lowest BCUT2D eigenvalue weighted by Crippen LogP contribution is -2.45. The molecule has 0 bridgehead atoms. The molecule has 0 saturated heterocycles. The number of amides is 1. The van der Waals surface area contributed by atoms with E-state index in [1.54, 1.807) is 6.08 Å². The van der Waals surface area contributed by atoms with Gasteiger partial charge in [-0.25, -0.2) is 4.57 Å². The molecule has 3 N–H and O–H groups in total. The first-order valence-electron chi connectivity index (χ1n) is 32.1. The van der Waals surface area contributed by atoms with Crippen LogP contribution in [0.3, 0.4) is 0 Å². The molecule has 1 amide bonds. The van der Waals surface area contributed by atoms with Crippen LogP contribution in [-0.4, -0.2) is 73.4 Å². The number of aliphatic hydroxyl groups excluding tert-OH is 1. The Hall–Kier alpha value is -0.760. The van der Waals surface area contributed by atoms with Gasteiger partial charge in [0.25, 0.3) is 0 Å². The standard InChI is InChI=1S/C63H127N2O6P/c1-6-8-10-12-14-16-18-20-22-24-25-26-27-28-29-30-31-32-33-34-35-36-37-38-39-40-41-43-45-47-49-51-53-55-57-63(67)64-61(60-71-72(68,69)70-59-58-65(3,4)5)62(66)56-54-52-50-48-46-44-42-23-21-19-17-15-13-11-9-7-2/h54,56,61-62,66H,6-53,55,57-60H2,1-5H3,(H-,64,67,68,69)/p+1/b56-54+. The molecule has 0 aliphatic rings. The fourth-order valence-corrected chi connectivity index (χ4v) is 10.7. The lowest BCUT2D eigenvalue weighted by molar-refractivity contribution is -0.870. The minimum atomic E-state index is -4.34. The Morgan fingerprint density at radius 1 is 0.458 bits per heavy atom. The summed E-state index contributed by atoms with van der Waals surface area (Å²) in [6.45, 7) is 4.87. The van der Waals surface area contributed by atoms with E-state index >= 15 is 0 Å². The number of carbonyl (C=O) groups excluding carboxylic acids is 1. The van der Waals surface area contributed by atoms with E-state index in [4.69, 9.17) is 9.05 Å². The molecule has 0 aromatic carbocycles. The zero-order chi connectivity index (χ0) is 52.7. The van der Waals surface area contributed by atoms with Crippen LogP contribution in [0.25, 0.3) is 0 Å². The van der Waals surface area contributed by atoms with Crippen molar-refractivity contribution in [2.45, 2.75) is 347 Å². The van der Waals surface area contributed by atoms with Gasteiger partial charge in [0.05, 0.1) is 39.9 Å². The van der Waals surface area contributed by atoms with E-state index in [2.05, 4.69) is 19.2 Å². The first kappa shape index (κ1) is 71.2. The van der Waals surface area contributed by atoms with E-state index in [-0.39, 0.29) is 19.1 Å². The number of aliphatic hydroxyl groups is 1. The molecule has 0 aromatic heterocycles. The summed E-state index contributed by atoms with van der Waals surface area (Å²) in [5.41, 5.74) is 0. The van der Waals surface area contributed by atoms with Crippen molar-refractivity contribution in [3.63, 3.8) is 0 Å². The molecule has 0 rings (SSSR count). The van der Waals surface area contributed by atoms with Crippen molar-refractivity contribution in [2.75, 3.05) is 40.9 Å². The van der Waals surface area contributed by atoms with Gasteiger partial charge in [0.15, 0.2) is 0 Å². The molecule has 72 heavy (non-hydrogen) atoms. The number of quaternary nitrogens is 1. The fraction of sp³-hybridized carbons (Fsp3) is 0.952. The average molecular weight is 1040 g/mol. The Labute approximate surface area is 450 Å². The predicted octanol–water partition coefficient (Wildman–Crippen LogP) is 19.8. The van der Waals surface area contributed by atoms with E-state index in [0.717, 1.165) is 32.1 Å². The van der Waals surface area contributed by atoms with Gasteiger partial charge in [-0.05, 0) is 19.3 Å². The summed E-state index contributed by atoms with van der Waals surface area (Å²) in [4.78, 5) is 23.3. The maximum atomic E-state index is 13.0. The molecule has 0 radical (unpaired) electrons. The maximum Gasteiger partial charge on any atom is 0.472 e. The number of nitrogens with one attached hydrogen (secondary N) is 1. The van der Waals surface area contributed by atoms with Crippen molar-refractivity contribution in [3.05, 3.63) is 12.2 Å². The van der Waals surface area contributed by atoms with Crippen LogP contribution in [0.5, 0.6) is 0 Å². The molecule has 0 fully saturated rings. The average Bonchev–Trinajstić information content (AvgIpc) is 3.34. The highest BCUT2D eigenvalue weighted by Gasteiger charge is 2.28. The summed E-state index contributed by atoms with van der Waals surface area (Å²) in [5.74, 6) is -0.169. The molecule has 0 aliphatic carbocycles. The Kier molecular flexibility index (Phi) is 54.4. The Balaban J connectivity index is 3.95. The van der Waals surface area contributed by atoms with Crippen LogP contribution in [0.15, 0.2) is 12.2 Å². The van der Waals surface area contributed by atoms with Crippen LogP contribution in [0, 0.1) is 0 Å². The molecule has 3 unspecified atom stereocenters. The minimum Gasteiger partial charge on any atom is -0.387 e. The quantitative estimate of drug-likeness (QED) is 0.0243. The van der Waals surface area contributed by atoms with Crippen molar-refractivity contribution in [2.24, 2.45) is 0 Å². The van der Waals surface area contributed by atoms with Crippen molar-refractivity contribution in [1.82, 2.24) is 5.32 Å². The van der Waals surface area contributed by atoms with Crippen molar-refractivity contribution in [3.8, 4) is 0 Å². The molecule has 9 heteroatoms. The minimum absolute atomic E-state index is 0.0652. The van der Waals surface area contributed by atoms with Crippen molar-refractivity contribution in [1.29, 1.82) is 0 Å². The summed E-state index contributed by atoms with van der Waals surface area (Å²) in [6, 6.07) is -0.842. The zero-order valence-electron chi connectivity index (χ0n) is 49.2. The molecule has 0 saturated carbocycles. The second-order valence-electron chi connectivity index (χ2n) is 23.5. The van der Waals surface area contributed by atoms with E-state index < -0.39 is 20.0 Å². The van der Waals surface area contributed by atoms with Gasteiger partial charge in [0.1, 0.15) is 13.2 Å². The van der Waals surface area contributed by atoms with Crippen LogP contribution in [-0.2, 0) is 18.4 Å². The van der Waals surface area contributed by atoms with Gasteiger partial charge in [-0.2, -0.15) is 0 Å². The maximum absolute atomic E-state index is 13.0. The highest BCUT2D eigenvalue weighted by molar-refractivity contribution is 7.47. The second-order valence-corrected chi connectivity index (χ2v) is 25.0. The molecule has 0 aromatic rings. The van der Waals surface area contributed by atoms with Crippen LogP contribution < -0.4 is 5.32 Å². The Morgan fingerprint density at radius 3 is 1.03 bits per heavy atom. The molecule has 0 spiro atoms. The third-order valence-electron chi connectivity index (χ3n) is 15.0. The van der Waals surface area contributed by atoms with Crippen LogP contribution in [0.4, 0.5) is 0 Å². The third kappa shape index (κ3) is 57.0. The van der Waals surface area contributed by atoms with E-state index in [9.17, 15) is 19.4 Å². The molecule has 430 valence electrons. The third-order valence-corrected chi connectivity index (χ3v) is 16.0. The lowest BCUT2D eigenvalue weighted by Gasteiger charge is -2.25. The first-order chi connectivity index (χ1) is 35.0. The highest BCUT2D eigenvalue weighted by atomic mass is 31.2. The summed E-state index contributed by atoms with van der Waals surface area (Å²) in [7, 11) is 1.59. The van der Waals surface area contributed by atoms with Crippen LogP contribution in [0.1, 0.15) is 335 Å². The number of likely N-dealkylation sites (N-methyl/N-ethyl adjacent to an activating group) is 1. The van der Waals surface area contributed by atoms with Gasteiger partial charge in [-0.15, -0.1) is 0 Å². The molecular weight excluding hydrogens is 912 g/mol. The van der Waals surface area contributed by atoms with Crippen molar-refractivity contribution >= 4 is 13.7 Å².